The number of aromatic nitrogens is 1. The van der Waals surface area contributed by atoms with Crippen LogP contribution in [0.2, 0.25) is 0 Å². The van der Waals surface area contributed by atoms with Gasteiger partial charge in [0.1, 0.15) is 11.9 Å². The summed E-state index contributed by atoms with van der Waals surface area (Å²) in [6, 6.07) is 14.3. The molecule has 2 aromatic carbocycles. The van der Waals surface area contributed by atoms with Crippen molar-refractivity contribution in [1.82, 2.24) is 4.98 Å². The fourth-order valence-electron chi connectivity index (χ4n) is 2.39. The first-order valence-electron chi connectivity index (χ1n) is 7.05. The van der Waals surface area contributed by atoms with Crippen LogP contribution in [0, 0.1) is 17.1 Å². The van der Waals surface area contributed by atoms with E-state index in [2.05, 4.69) is 23.3 Å². The van der Waals surface area contributed by atoms with Gasteiger partial charge < -0.3 is 5.32 Å². The first kappa shape index (κ1) is 14.0. The molecule has 3 rings (SSSR count). The first-order valence-corrected chi connectivity index (χ1v) is 7.05. The molecule has 0 saturated carbocycles. The van der Waals surface area contributed by atoms with Crippen LogP contribution in [0.15, 0.2) is 48.7 Å². The Morgan fingerprint density at radius 2 is 2.09 bits per heavy atom. The van der Waals surface area contributed by atoms with Crippen LogP contribution >= 0.6 is 0 Å². The van der Waals surface area contributed by atoms with Crippen molar-refractivity contribution in [1.29, 1.82) is 5.26 Å². The van der Waals surface area contributed by atoms with Gasteiger partial charge in [-0.2, -0.15) is 5.26 Å². The third-order valence-corrected chi connectivity index (χ3v) is 3.56. The van der Waals surface area contributed by atoms with Gasteiger partial charge in [0, 0.05) is 17.3 Å². The number of anilines is 2. The van der Waals surface area contributed by atoms with Crippen LogP contribution in [-0.2, 0) is 6.42 Å². The molecule has 0 aliphatic rings. The second-order valence-corrected chi connectivity index (χ2v) is 5.00. The topological polar surface area (TPSA) is 48.7 Å². The lowest BCUT2D eigenvalue weighted by molar-refractivity contribution is 0.628. The predicted octanol–water partition coefficient (Wildman–Crippen LogP) is 4.55. The molecular formula is C18H14FN3. The maximum atomic E-state index is 13.4. The van der Waals surface area contributed by atoms with Gasteiger partial charge in [-0.3, -0.25) is 4.98 Å². The third kappa shape index (κ3) is 2.61. The SMILES string of the molecule is CCc1ccc2ncc(C#N)c(Nc3cccc(F)c3)c2c1. The summed E-state index contributed by atoms with van der Waals surface area (Å²) < 4.78 is 13.4. The van der Waals surface area contributed by atoms with Gasteiger partial charge >= 0.3 is 0 Å². The largest absolute Gasteiger partial charge is 0.354 e. The molecule has 0 aliphatic heterocycles. The van der Waals surface area contributed by atoms with Crippen molar-refractivity contribution in [2.75, 3.05) is 5.32 Å². The van der Waals surface area contributed by atoms with E-state index in [1.807, 2.05) is 18.2 Å². The van der Waals surface area contributed by atoms with Crippen LogP contribution in [0.1, 0.15) is 18.1 Å². The van der Waals surface area contributed by atoms with Gasteiger partial charge in [-0.05, 0) is 42.3 Å². The molecule has 1 aromatic heterocycles. The van der Waals surface area contributed by atoms with Gasteiger partial charge in [-0.25, -0.2) is 4.39 Å². The maximum absolute atomic E-state index is 13.4. The van der Waals surface area contributed by atoms with Crippen LogP contribution in [0.3, 0.4) is 0 Å². The van der Waals surface area contributed by atoms with E-state index < -0.39 is 0 Å². The van der Waals surface area contributed by atoms with E-state index in [1.165, 1.54) is 18.3 Å². The fraction of sp³-hybridized carbons (Fsp3) is 0.111. The second-order valence-electron chi connectivity index (χ2n) is 5.00. The monoisotopic (exact) mass is 291 g/mol. The minimum Gasteiger partial charge on any atom is -0.354 e. The minimum absolute atomic E-state index is 0.323. The Hall–Kier alpha value is -2.93. The number of nitriles is 1. The van der Waals surface area contributed by atoms with E-state index in [4.69, 9.17) is 0 Å². The van der Waals surface area contributed by atoms with E-state index in [0.29, 0.717) is 16.9 Å². The quantitative estimate of drug-likeness (QED) is 0.770. The lowest BCUT2D eigenvalue weighted by atomic mass is 10.1. The van der Waals surface area contributed by atoms with Gasteiger partial charge in [0.15, 0.2) is 0 Å². The summed E-state index contributed by atoms with van der Waals surface area (Å²) in [6.45, 7) is 2.07. The molecule has 0 aliphatic carbocycles. The molecule has 0 amide bonds. The first-order chi connectivity index (χ1) is 10.7. The highest BCUT2D eigenvalue weighted by Crippen LogP contribution is 2.29. The summed E-state index contributed by atoms with van der Waals surface area (Å²) in [6.07, 6.45) is 2.43. The molecule has 0 fully saturated rings. The Morgan fingerprint density at radius 3 is 2.82 bits per heavy atom. The number of pyridine rings is 1. The number of aryl methyl sites for hydroxylation is 1. The lowest BCUT2D eigenvalue weighted by Crippen LogP contribution is -1.97. The van der Waals surface area contributed by atoms with Crippen LogP contribution in [0.5, 0.6) is 0 Å². The van der Waals surface area contributed by atoms with Crippen molar-refractivity contribution >= 4 is 22.3 Å². The average Bonchev–Trinajstić information content (AvgIpc) is 2.55. The molecule has 22 heavy (non-hydrogen) atoms. The number of hydrogen-bond donors (Lipinski definition) is 1. The molecule has 3 aromatic rings. The van der Waals surface area contributed by atoms with E-state index >= 15 is 0 Å². The summed E-state index contributed by atoms with van der Waals surface area (Å²) in [5, 5.41) is 13.4. The molecule has 3 nitrogen and oxygen atoms in total. The highest BCUT2D eigenvalue weighted by molar-refractivity contribution is 5.96. The van der Waals surface area contributed by atoms with Gasteiger partial charge in [0.2, 0.25) is 0 Å². The number of rotatable bonds is 3. The van der Waals surface area contributed by atoms with Crippen LogP contribution in [0.25, 0.3) is 10.9 Å². The number of hydrogen-bond acceptors (Lipinski definition) is 3. The molecule has 0 radical (unpaired) electrons. The number of nitrogens with zero attached hydrogens (tertiary/aromatic N) is 2. The lowest BCUT2D eigenvalue weighted by Gasteiger charge is -2.12. The molecule has 108 valence electrons. The molecule has 0 atom stereocenters. The number of benzene rings is 2. The minimum atomic E-state index is -0.323. The zero-order valence-electron chi connectivity index (χ0n) is 12.1. The number of halogens is 1. The van der Waals surface area contributed by atoms with Crippen LogP contribution in [0.4, 0.5) is 15.8 Å². The summed E-state index contributed by atoms with van der Waals surface area (Å²) in [5.74, 6) is -0.323. The molecule has 1 N–H and O–H groups in total. The summed E-state index contributed by atoms with van der Waals surface area (Å²) >= 11 is 0. The van der Waals surface area contributed by atoms with Crippen molar-refractivity contribution in [3.05, 3.63) is 65.6 Å². The Kier molecular flexibility index (Phi) is 3.71. The molecule has 0 bridgehead atoms. The summed E-state index contributed by atoms with van der Waals surface area (Å²) in [7, 11) is 0. The fourth-order valence-corrected chi connectivity index (χ4v) is 2.39. The van der Waals surface area contributed by atoms with Crippen LogP contribution < -0.4 is 5.32 Å². The second kappa shape index (κ2) is 5.82. The average molecular weight is 291 g/mol. The van der Waals surface area contributed by atoms with Gasteiger partial charge in [0.25, 0.3) is 0 Å². The zero-order chi connectivity index (χ0) is 15.5. The van der Waals surface area contributed by atoms with Crippen molar-refractivity contribution in [2.45, 2.75) is 13.3 Å². The molecule has 0 saturated heterocycles. The Labute approximate surface area is 128 Å². The maximum Gasteiger partial charge on any atom is 0.125 e. The van der Waals surface area contributed by atoms with Crippen molar-refractivity contribution in [2.24, 2.45) is 0 Å². The van der Waals surface area contributed by atoms with Gasteiger partial charge in [-0.1, -0.05) is 19.1 Å². The van der Waals surface area contributed by atoms with E-state index in [1.54, 1.807) is 12.1 Å². The third-order valence-electron chi connectivity index (χ3n) is 3.56. The van der Waals surface area contributed by atoms with E-state index in [9.17, 15) is 9.65 Å². The standard InChI is InChI=1S/C18H14FN3/c1-2-12-6-7-17-16(8-12)18(13(10-20)11-21-17)22-15-5-3-4-14(19)9-15/h3-9,11H,2H2,1H3,(H,21,22). The van der Waals surface area contributed by atoms with E-state index in [-0.39, 0.29) is 5.82 Å². The summed E-state index contributed by atoms with van der Waals surface area (Å²) in [4.78, 5) is 4.31. The predicted molar refractivity (Wildman–Crippen MR) is 85.5 cm³/mol. The van der Waals surface area contributed by atoms with Gasteiger partial charge in [-0.15, -0.1) is 0 Å². The van der Waals surface area contributed by atoms with E-state index in [0.717, 1.165) is 22.9 Å². The van der Waals surface area contributed by atoms with Crippen molar-refractivity contribution in [3.63, 3.8) is 0 Å². The van der Waals surface area contributed by atoms with Gasteiger partial charge in [0.05, 0.1) is 16.8 Å². The van der Waals surface area contributed by atoms with Crippen molar-refractivity contribution < 1.29 is 4.39 Å². The Morgan fingerprint density at radius 1 is 1.23 bits per heavy atom. The highest BCUT2D eigenvalue weighted by Gasteiger charge is 2.10. The number of fused-ring (bicyclic) bond motifs is 1. The Balaban J connectivity index is 2.19. The molecule has 0 unspecified atom stereocenters. The highest BCUT2D eigenvalue weighted by atomic mass is 19.1. The summed E-state index contributed by atoms with van der Waals surface area (Å²) in [5.41, 5.74) is 3.66. The normalized spacial score (nSPS) is 10.4. The molecule has 4 heteroatoms. The molecule has 0 spiro atoms. The van der Waals surface area contributed by atoms with Crippen LogP contribution in [-0.4, -0.2) is 4.98 Å². The molecular weight excluding hydrogens is 277 g/mol. The van der Waals surface area contributed by atoms with Crippen molar-refractivity contribution in [3.8, 4) is 6.07 Å². The molecule has 1 heterocycles. The number of nitrogens with one attached hydrogen (secondary N) is 1. The smallest absolute Gasteiger partial charge is 0.125 e. The zero-order valence-corrected chi connectivity index (χ0v) is 12.1. The Bertz CT molecular complexity index is 881.